The number of fused-ring (bicyclic) bond motifs is 1. The van der Waals surface area contributed by atoms with Gasteiger partial charge in [0.05, 0.1) is 0 Å². The molecule has 1 aliphatic rings. The van der Waals surface area contributed by atoms with Gasteiger partial charge in [0.1, 0.15) is 5.82 Å². The van der Waals surface area contributed by atoms with Gasteiger partial charge in [-0.1, -0.05) is 12.8 Å². The lowest BCUT2D eigenvalue weighted by atomic mass is 10.1. The summed E-state index contributed by atoms with van der Waals surface area (Å²) in [4.78, 5) is 3.17. The van der Waals surface area contributed by atoms with Crippen LogP contribution in [-0.4, -0.2) is 22.7 Å². The standard InChI is InChI=1S/C16H20FN3S/c17-12-5-6-15-14(9-12)11(10-19-15)7-8-18-16(21)20-13-3-1-2-4-13/h5-6,9-10,13,19H,1-4,7-8H2,(H2,18,20,21). The number of H-pyrrole nitrogens is 1. The molecular formula is C16H20FN3S. The van der Waals surface area contributed by atoms with E-state index in [9.17, 15) is 4.39 Å². The fourth-order valence-electron chi connectivity index (χ4n) is 2.97. The molecule has 3 rings (SSSR count). The van der Waals surface area contributed by atoms with E-state index < -0.39 is 0 Å². The lowest BCUT2D eigenvalue weighted by Crippen LogP contribution is -2.41. The van der Waals surface area contributed by atoms with Crippen molar-refractivity contribution in [3.63, 3.8) is 0 Å². The highest BCUT2D eigenvalue weighted by Gasteiger charge is 2.15. The lowest BCUT2D eigenvalue weighted by Gasteiger charge is -2.15. The average molecular weight is 305 g/mol. The minimum Gasteiger partial charge on any atom is -0.362 e. The van der Waals surface area contributed by atoms with Crippen LogP contribution in [0.1, 0.15) is 31.2 Å². The summed E-state index contributed by atoms with van der Waals surface area (Å²) in [7, 11) is 0. The molecule has 5 heteroatoms. The van der Waals surface area contributed by atoms with Gasteiger partial charge in [0.15, 0.2) is 5.11 Å². The molecule has 0 aliphatic heterocycles. The molecule has 21 heavy (non-hydrogen) atoms. The highest BCUT2D eigenvalue weighted by molar-refractivity contribution is 7.80. The normalized spacial score (nSPS) is 15.5. The Morgan fingerprint density at radius 2 is 2.14 bits per heavy atom. The Morgan fingerprint density at radius 3 is 2.95 bits per heavy atom. The van der Waals surface area contributed by atoms with E-state index in [0.29, 0.717) is 6.04 Å². The van der Waals surface area contributed by atoms with Crippen LogP contribution in [0.3, 0.4) is 0 Å². The quantitative estimate of drug-likeness (QED) is 0.759. The third-order valence-corrected chi connectivity index (χ3v) is 4.36. The molecule has 1 aromatic carbocycles. The van der Waals surface area contributed by atoms with Gasteiger partial charge in [0.25, 0.3) is 0 Å². The van der Waals surface area contributed by atoms with E-state index >= 15 is 0 Å². The molecular weight excluding hydrogens is 285 g/mol. The van der Waals surface area contributed by atoms with Crippen molar-refractivity contribution in [2.24, 2.45) is 0 Å². The van der Waals surface area contributed by atoms with Crippen molar-refractivity contribution in [1.29, 1.82) is 0 Å². The first kappa shape index (κ1) is 14.3. The Bertz CT molecular complexity index is 631. The third kappa shape index (κ3) is 3.53. The molecule has 1 aliphatic carbocycles. The zero-order valence-electron chi connectivity index (χ0n) is 11.9. The molecule has 1 heterocycles. The van der Waals surface area contributed by atoms with Crippen LogP contribution in [-0.2, 0) is 6.42 Å². The second-order valence-electron chi connectivity index (χ2n) is 5.64. The number of rotatable bonds is 4. The maximum absolute atomic E-state index is 13.3. The fourth-order valence-corrected chi connectivity index (χ4v) is 3.24. The summed E-state index contributed by atoms with van der Waals surface area (Å²) >= 11 is 5.31. The first-order valence-corrected chi connectivity index (χ1v) is 7.93. The Hall–Kier alpha value is -1.62. The van der Waals surface area contributed by atoms with E-state index in [4.69, 9.17) is 12.2 Å². The summed E-state index contributed by atoms with van der Waals surface area (Å²) in [5.74, 6) is -0.199. The minimum absolute atomic E-state index is 0.199. The van der Waals surface area contributed by atoms with Gasteiger partial charge < -0.3 is 15.6 Å². The number of hydrogen-bond donors (Lipinski definition) is 3. The SMILES string of the molecule is Fc1ccc2[nH]cc(CCNC(=S)NC3CCCC3)c2c1. The largest absolute Gasteiger partial charge is 0.362 e. The second kappa shape index (κ2) is 6.43. The van der Waals surface area contributed by atoms with Crippen molar-refractivity contribution in [3.05, 3.63) is 35.8 Å². The fraction of sp³-hybridized carbons (Fsp3) is 0.438. The van der Waals surface area contributed by atoms with Crippen LogP contribution in [0.5, 0.6) is 0 Å². The predicted octanol–water partition coefficient (Wildman–Crippen LogP) is 3.26. The molecule has 3 N–H and O–H groups in total. The number of aromatic amines is 1. The number of thiocarbonyl (C=S) groups is 1. The topological polar surface area (TPSA) is 39.9 Å². The number of hydrogen-bond acceptors (Lipinski definition) is 1. The van der Waals surface area contributed by atoms with Gasteiger partial charge >= 0.3 is 0 Å². The molecule has 0 spiro atoms. The molecule has 0 saturated heterocycles. The molecule has 0 bridgehead atoms. The predicted molar refractivity (Wildman–Crippen MR) is 88.0 cm³/mol. The molecule has 0 unspecified atom stereocenters. The van der Waals surface area contributed by atoms with Gasteiger partial charge in [-0.2, -0.15) is 0 Å². The van der Waals surface area contributed by atoms with E-state index in [2.05, 4.69) is 15.6 Å². The maximum Gasteiger partial charge on any atom is 0.166 e. The van der Waals surface area contributed by atoms with Crippen molar-refractivity contribution >= 4 is 28.2 Å². The smallest absolute Gasteiger partial charge is 0.166 e. The summed E-state index contributed by atoms with van der Waals surface area (Å²) in [6, 6.07) is 5.36. The van der Waals surface area contributed by atoms with E-state index in [1.807, 2.05) is 6.20 Å². The Kier molecular flexibility index (Phi) is 4.39. The minimum atomic E-state index is -0.199. The molecule has 112 valence electrons. The molecule has 2 aromatic rings. The molecule has 1 aromatic heterocycles. The van der Waals surface area contributed by atoms with Crippen molar-refractivity contribution < 1.29 is 4.39 Å². The highest BCUT2D eigenvalue weighted by atomic mass is 32.1. The van der Waals surface area contributed by atoms with E-state index in [-0.39, 0.29) is 5.82 Å². The average Bonchev–Trinajstić information content (AvgIpc) is 3.09. The summed E-state index contributed by atoms with van der Waals surface area (Å²) in [6.07, 6.45) is 7.77. The van der Waals surface area contributed by atoms with Crippen LogP contribution in [0.25, 0.3) is 10.9 Å². The molecule has 3 nitrogen and oxygen atoms in total. The number of aromatic nitrogens is 1. The van der Waals surface area contributed by atoms with Gasteiger partial charge in [-0.15, -0.1) is 0 Å². The Balaban J connectivity index is 1.52. The van der Waals surface area contributed by atoms with Crippen molar-refractivity contribution in [2.45, 2.75) is 38.1 Å². The number of benzene rings is 1. The number of nitrogens with one attached hydrogen (secondary N) is 3. The summed E-state index contributed by atoms with van der Waals surface area (Å²) in [5.41, 5.74) is 2.08. The maximum atomic E-state index is 13.3. The van der Waals surface area contributed by atoms with Crippen LogP contribution in [0, 0.1) is 5.82 Å². The van der Waals surface area contributed by atoms with E-state index in [0.717, 1.165) is 34.5 Å². The first-order valence-electron chi connectivity index (χ1n) is 7.52. The van der Waals surface area contributed by atoms with Crippen LogP contribution in [0.15, 0.2) is 24.4 Å². The summed E-state index contributed by atoms with van der Waals surface area (Å²) in [6.45, 7) is 0.752. The Morgan fingerprint density at radius 1 is 1.33 bits per heavy atom. The van der Waals surface area contributed by atoms with Gasteiger partial charge in [0.2, 0.25) is 0 Å². The van der Waals surface area contributed by atoms with E-state index in [1.54, 1.807) is 12.1 Å². The van der Waals surface area contributed by atoms with Crippen LogP contribution in [0.2, 0.25) is 0 Å². The highest BCUT2D eigenvalue weighted by Crippen LogP contribution is 2.20. The monoisotopic (exact) mass is 305 g/mol. The Labute approximate surface area is 129 Å². The molecule has 0 atom stereocenters. The van der Waals surface area contributed by atoms with Gasteiger partial charge in [-0.25, -0.2) is 4.39 Å². The lowest BCUT2D eigenvalue weighted by molar-refractivity contribution is 0.621. The van der Waals surface area contributed by atoms with Gasteiger partial charge in [-0.3, -0.25) is 0 Å². The van der Waals surface area contributed by atoms with Crippen molar-refractivity contribution in [3.8, 4) is 0 Å². The first-order chi connectivity index (χ1) is 10.2. The van der Waals surface area contributed by atoms with Crippen LogP contribution >= 0.6 is 12.2 Å². The molecule has 1 fully saturated rings. The summed E-state index contributed by atoms with van der Waals surface area (Å²) in [5, 5.41) is 8.28. The van der Waals surface area contributed by atoms with Gasteiger partial charge in [-0.05, 0) is 55.2 Å². The second-order valence-corrected chi connectivity index (χ2v) is 6.04. The van der Waals surface area contributed by atoms with Crippen LogP contribution < -0.4 is 10.6 Å². The number of halogens is 1. The third-order valence-electron chi connectivity index (χ3n) is 4.10. The molecule has 0 amide bonds. The molecule has 0 radical (unpaired) electrons. The van der Waals surface area contributed by atoms with E-state index in [1.165, 1.54) is 31.7 Å². The van der Waals surface area contributed by atoms with Crippen LogP contribution in [0.4, 0.5) is 4.39 Å². The zero-order valence-corrected chi connectivity index (χ0v) is 12.7. The van der Waals surface area contributed by atoms with Gasteiger partial charge in [0, 0.05) is 29.7 Å². The summed E-state index contributed by atoms with van der Waals surface area (Å²) < 4.78 is 13.3. The zero-order chi connectivity index (χ0) is 14.7. The molecule has 1 saturated carbocycles. The van der Waals surface area contributed by atoms with Crippen molar-refractivity contribution in [1.82, 2.24) is 15.6 Å². The van der Waals surface area contributed by atoms with Crippen molar-refractivity contribution in [2.75, 3.05) is 6.54 Å².